The minimum atomic E-state index is -3.50. The van der Waals surface area contributed by atoms with Crippen LogP contribution < -0.4 is 15.2 Å². The predicted octanol–water partition coefficient (Wildman–Crippen LogP) is 1.95. The van der Waals surface area contributed by atoms with E-state index in [1.807, 2.05) is 17.5 Å². The van der Waals surface area contributed by atoms with Crippen LogP contribution in [0.5, 0.6) is 5.75 Å². The number of benzene rings is 1. The van der Waals surface area contributed by atoms with Crippen molar-refractivity contribution in [3.63, 3.8) is 0 Å². The Bertz CT molecular complexity index is 637. The smallest absolute Gasteiger partial charge is 0.240 e. The number of thiophene rings is 1. The van der Waals surface area contributed by atoms with Crippen LogP contribution in [-0.2, 0) is 16.6 Å². The molecule has 3 N–H and O–H groups in total. The van der Waals surface area contributed by atoms with Gasteiger partial charge in [-0.1, -0.05) is 6.07 Å². The van der Waals surface area contributed by atoms with Gasteiger partial charge in [-0.15, -0.1) is 11.3 Å². The van der Waals surface area contributed by atoms with Gasteiger partial charge >= 0.3 is 0 Å². The van der Waals surface area contributed by atoms with E-state index in [4.69, 9.17) is 10.5 Å². The van der Waals surface area contributed by atoms with Crippen molar-refractivity contribution >= 4 is 21.4 Å². The number of rotatable bonds is 8. The van der Waals surface area contributed by atoms with Gasteiger partial charge in [-0.3, -0.25) is 0 Å². The Hall–Kier alpha value is -1.41. The first-order valence-corrected chi connectivity index (χ1v) is 8.93. The molecule has 1 aromatic heterocycles. The molecule has 0 unspecified atom stereocenters. The lowest BCUT2D eigenvalue weighted by molar-refractivity contribution is 0.313. The summed E-state index contributed by atoms with van der Waals surface area (Å²) in [5, 5.41) is 1.91. The molecule has 114 valence electrons. The molecule has 0 saturated carbocycles. The van der Waals surface area contributed by atoms with Crippen molar-refractivity contribution in [3.05, 3.63) is 46.7 Å². The lowest BCUT2D eigenvalue weighted by atomic mass is 10.3. The molecule has 1 aromatic carbocycles. The van der Waals surface area contributed by atoms with Gasteiger partial charge in [0.15, 0.2) is 0 Å². The molecule has 2 aromatic rings. The summed E-state index contributed by atoms with van der Waals surface area (Å²) >= 11 is 1.52. The largest absolute Gasteiger partial charge is 0.494 e. The molecule has 2 rings (SSSR count). The first-order chi connectivity index (χ1) is 10.1. The molecule has 0 fully saturated rings. The monoisotopic (exact) mass is 326 g/mol. The summed E-state index contributed by atoms with van der Waals surface area (Å²) in [4.78, 5) is 1.20. The van der Waals surface area contributed by atoms with E-state index in [1.165, 1.54) is 23.5 Å². The van der Waals surface area contributed by atoms with Crippen molar-refractivity contribution in [1.29, 1.82) is 0 Å². The molecule has 0 saturated heterocycles. The molecule has 0 amide bonds. The fraction of sp³-hybridized carbons (Fsp3) is 0.286. The molecule has 0 spiro atoms. The van der Waals surface area contributed by atoms with Crippen molar-refractivity contribution in [1.82, 2.24) is 4.72 Å². The fourth-order valence-corrected chi connectivity index (χ4v) is 3.39. The molecule has 5 nitrogen and oxygen atoms in total. The standard InChI is InChI=1S/C14H18N2O3S2/c15-8-2-9-19-12-4-6-14(7-5-12)21(17,18)16-11-13-3-1-10-20-13/h1,3-7,10,16H,2,8-9,11,15H2. The summed E-state index contributed by atoms with van der Waals surface area (Å²) in [5.41, 5.74) is 5.38. The Morgan fingerprint density at radius 1 is 1.19 bits per heavy atom. The molecule has 0 aliphatic rings. The number of sulfonamides is 1. The molecular formula is C14H18N2O3S2. The zero-order chi connectivity index (χ0) is 15.1. The highest BCUT2D eigenvalue weighted by molar-refractivity contribution is 7.89. The minimum absolute atomic E-state index is 0.227. The van der Waals surface area contributed by atoms with Gasteiger partial charge < -0.3 is 10.5 Å². The van der Waals surface area contributed by atoms with E-state index < -0.39 is 10.0 Å². The lowest BCUT2D eigenvalue weighted by Crippen LogP contribution is -2.22. The molecule has 1 heterocycles. The van der Waals surface area contributed by atoms with Crippen LogP contribution in [0.2, 0.25) is 0 Å². The van der Waals surface area contributed by atoms with Crippen LogP contribution >= 0.6 is 11.3 Å². The number of ether oxygens (including phenoxy) is 1. The van der Waals surface area contributed by atoms with Gasteiger partial charge in [-0.2, -0.15) is 0 Å². The van der Waals surface area contributed by atoms with Crippen LogP contribution in [0.1, 0.15) is 11.3 Å². The minimum Gasteiger partial charge on any atom is -0.494 e. The number of hydrogen-bond donors (Lipinski definition) is 2. The Balaban J connectivity index is 1.96. The first-order valence-electron chi connectivity index (χ1n) is 6.57. The Kier molecular flexibility index (Phi) is 5.75. The highest BCUT2D eigenvalue weighted by atomic mass is 32.2. The summed E-state index contributed by atoms with van der Waals surface area (Å²) < 4.78 is 32.3. The van der Waals surface area contributed by atoms with Crippen LogP contribution in [0.3, 0.4) is 0 Å². The zero-order valence-electron chi connectivity index (χ0n) is 11.5. The third-order valence-corrected chi connectivity index (χ3v) is 5.06. The van der Waals surface area contributed by atoms with Crippen LogP contribution in [0.4, 0.5) is 0 Å². The summed E-state index contributed by atoms with van der Waals surface area (Å²) in [6.07, 6.45) is 0.766. The average molecular weight is 326 g/mol. The van der Waals surface area contributed by atoms with E-state index >= 15 is 0 Å². The second kappa shape index (κ2) is 7.56. The topological polar surface area (TPSA) is 81.4 Å². The maximum atomic E-state index is 12.1. The van der Waals surface area contributed by atoms with Crippen LogP contribution in [-0.4, -0.2) is 21.6 Å². The molecule has 0 radical (unpaired) electrons. The van der Waals surface area contributed by atoms with E-state index in [2.05, 4.69) is 4.72 Å². The second-order valence-corrected chi connectivity index (χ2v) is 7.17. The summed E-state index contributed by atoms with van der Waals surface area (Å²) in [5.74, 6) is 0.639. The predicted molar refractivity (Wildman–Crippen MR) is 84.0 cm³/mol. The van der Waals surface area contributed by atoms with E-state index in [-0.39, 0.29) is 4.90 Å². The highest BCUT2D eigenvalue weighted by Crippen LogP contribution is 2.17. The molecular weight excluding hydrogens is 308 g/mol. The second-order valence-electron chi connectivity index (χ2n) is 4.37. The van der Waals surface area contributed by atoms with Crippen molar-refractivity contribution in [3.8, 4) is 5.75 Å². The van der Waals surface area contributed by atoms with Gasteiger partial charge in [0, 0.05) is 11.4 Å². The number of nitrogens with one attached hydrogen (secondary N) is 1. The SMILES string of the molecule is NCCCOc1ccc(S(=O)(=O)NCc2cccs2)cc1. The van der Waals surface area contributed by atoms with Crippen molar-refractivity contribution in [2.24, 2.45) is 5.73 Å². The Morgan fingerprint density at radius 3 is 2.57 bits per heavy atom. The number of nitrogens with two attached hydrogens (primary N) is 1. The molecule has 0 atom stereocenters. The van der Waals surface area contributed by atoms with Gasteiger partial charge in [-0.05, 0) is 48.7 Å². The first kappa shape index (κ1) is 16.0. The van der Waals surface area contributed by atoms with E-state index in [0.29, 0.717) is 25.4 Å². The van der Waals surface area contributed by atoms with Crippen molar-refractivity contribution < 1.29 is 13.2 Å². The van der Waals surface area contributed by atoms with E-state index in [0.717, 1.165) is 11.3 Å². The van der Waals surface area contributed by atoms with Gasteiger partial charge in [0.05, 0.1) is 11.5 Å². The highest BCUT2D eigenvalue weighted by Gasteiger charge is 2.13. The van der Waals surface area contributed by atoms with E-state index in [1.54, 1.807) is 12.1 Å². The Morgan fingerprint density at radius 2 is 1.95 bits per heavy atom. The third-order valence-electron chi connectivity index (χ3n) is 2.77. The zero-order valence-corrected chi connectivity index (χ0v) is 13.1. The normalized spacial score (nSPS) is 11.5. The maximum absolute atomic E-state index is 12.1. The van der Waals surface area contributed by atoms with Crippen LogP contribution in [0.25, 0.3) is 0 Å². The molecule has 21 heavy (non-hydrogen) atoms. The summed E-state index contributed by atoms with van der Waals surface area (Å²) in [6.45, 7) is 1.40. The summed E-state index contributed by atoms with van der Waals surface area (Å²) in [7, 11) is -3.50. The van der Waals surface area contributed by atoms with Crippen LogP contribution in [0, 0.1) is 0 Å². The fourth-order valence-electron chi connectivity index (χ4n) is 1.65. The van der Waals surface area contributed by atoms with Gasteiger partial charge in [0.2, 0.25) is 10.0 Å². The van der Waals surface area contributed by atoms with Gasteiger partial charge in [0.1, 0.15) is 5.75 Å². The van der Waals surface area contributed by atoms with Crippen LogP contribution in [0.15, 0.2) is 46.7 Å². The van der Waals surface area contributed by atoms with Gasteiger partial charge in [-0.25, -0.2) is 13.1 Å². The quantitative estimate of drug-likeness (QED) is 0.727. The number of hydrogen-bond acceptors (Lipinski definition) is 5. The molecule has 7 heteroatoms. The third kappa shape index (κ3) is 4.82. The van der Waals surface area contributed by atoms with E-state index in [9.17, 15) is 8.42 Å². The van der Waals surface area contributed by atoms with Crippen molar-refractivity contribution in [2.45, 2.75) is 17.9 Å². The average Bonchev–Trinajstić information content (AvgIpc) is 3.00. The van der Waals surface area contributed by atoms with Gasteiger partial charge in [0.25, 0.3) is 0 Å². The molecule has 0 bridgehead atoms. The molecule has 0 aliphatic heterocycles. The molecule has 0 aliphatic carbocycles. The lowest BCUT2D eigenvalue weighted by Gasteiger charge is -2.08. The van der Waals surface area contributed by atoms with Crippen molar-refractivity contribution in [2.75, 3.05) is 13.2 Å². The summed E-state index contributed by atoms with van der Waals surface area (Å²) in [6, 6.07) is 10.2. The maximum Gasteiger partial charge on any atom is 0.240 e. The Labute approximate surface area is 128 Å².